The van der Waals surface area contributed by atoms with Crippen LogP contribution in [0, 0.1) is 6.92 Å². The Bertz CT molecular complexity index is 482. The highest BCUT2D eigenvalue weighted by Gasteiger charge is 2.22. The van der Waals surface area contributed by atoms with Gasteiger partial charge in [-0.25, -0.2) is 9.97 Å². The van der Waals surface area contributed by atoms with E-state index in [1.54, 1.807) is 11.9 Å². The normalized spacial score (nSPS) is 11.3. The lowest BCUT2D eigenvalue weighted by atomic mass is 9.95. The Morgan fingerprint density at radius 1 is 1.37 bits per heavy atom. The highest BCUT2D eigenvalue weighted by Crippen LogP contribution is 2.27. The number of anilines is 1. The average Bonchev–Trinajstić information content (AvgIpc) is 2.30. The maximum atomic E-state index is 11.4. The fraction of sp³-hybridized carbons (Fsp3) is 0.615. The molecule has 0 spiro atoms. The van der Waals surface area contributed by atoms with E-state index in [2.05, 4.69) is 15.3 Å². The largest absolute Gasteiger partial charge is 0.358 e. The first-order chi connectivity index (χ1) is 8.66. The molecule has 1 heterocycles. The summed E-state index contributed by atoms with van der Waals surface area (Å²) in [7, 11) is 3.42. The number of hydrogen-bond donors (Lipinski definition) is 1. The third-order valence-corrected chi connectivity index (χ3v) is 3.12. The van der Waals surface area contributed by atoms with Gasteiger partial charge in [0.1, 0.15) is 16.8 Å². The van der Waals surface area contributed by atoms with Crippen LogP contribution in [-0.2, 0) is 10.2 Å². The summed E-state index contributed by atoms with van der Waals surface area (Å²) in [6.07, 6.45) is 0. The third kappa shape index (κ3) is 3.80. The van der Waals surface area contributed by atoms with E-state index in [0.717, 1.165) is 5.56 Å². The van der Waals surface area contributed by atoms with Gasteiger partial charge in [0.2, 0.25) is 5.91 Å². The Hall–Kier alpha value is -1.36. The van der Waals surface area contributed by atoms with Gasteiger partial charge in [-0.15, -0.1) is 0 Å². The number of carbonyl (C=O) groups is 1. The molecule has 0 bridgehead atoms. The molecule has 0 aromatic carbocycles. The maximum absolute atomic E-state index is 11.4. The first-order valence-electron chi connectivity index (χ1n) is 6.13. The monoisotopic (exact) mass is 284 g/mol. The minimum absolute atomic E-state index is 0.0751. The Balaban J connectivity index is 3.19. The molecular formula is C13H21ClN4O. The zero-order chi connectivity index (χ0) is 14.8. The van der Waals surface area contributed by atoms with Crippen molar-refractivity contribution in [2.24, 2.45) is 0 Å². The lowest BCUT2D eigenvalue weighted by Gasteiger charge is -2.23. The summed E-state index contributed by atoms with van der Waals surface area (Å²) in [5.41, 5.74) is 0.584. The van der Waals surface area contributed by atoms with Crippen molar-refractivity contribution < 1.29 is 4.79 Å². The molecule has 6 heteroatoms. The Morgan fingerprint density at radius 3 is 2.42 bits per heavy atom. The molecule has 1 amide bonds. The molecule has 1 rings (SSSR count). The first-order valence-corrected chi connectivity index (χ1v) is 6.51. The number of halogens is 1. The van der Waals surface area contributed by atoms with Crippen LogP contribution >= 0.6 is 11.6 Å². The standard InChI is InChI=1S/C13H21ClN4O/c1-8-10(14)16-12(13(2,3)4)17-11(8)18(6)7-9(19)15-5/h7H2,1-6H3,(H,15,19). The highest BCUT2D eigenvalue weighted by atomic mass is 35.5. The van der Waals surface area contributed by atoms with Crippen molar-refractivity contribution in [1.82, 2.24) is 15.3 Å². The molecule has 0 saturated carbocycles. The Labute approximate surface area is 119 Å². The predicted octanol–water partition coefficient (Wildman–Crippen LogP) is 1.92. The van der Waals surface area contributed by atoms with Gasteiger partial charge in [-0.05, 0) is 6.92 Å². The van der Waals surface area contributed by atoms with E-state index < -0.39 is 0 Å². The van der Waals surface area contributed by atoms with Gasteiger partial charge < -0.3 is 10.2 Å². The van der Waals surface area contributed by atoms with Crippen molar-refractivity contribution in [3.63, 3.8) is 0 Å². The van der Waals surface area contributed by atoms with Crippen LogP contribution in [0.4, 0.5) is 5.82 Å². The van der Waals surface area contributed by atoms with Crippen LogP contribution in [0.15, 0.2) is 0 Å². The van der Waals surface area contributed by atoms with Crippen LogP contribution in [-0.4, -0.2) is 36.5 Å². The average molecular weight is 285 g/mol. The number of likely N-dealkylation sites (N-methyl/N-ethyl adjacent to an activating group) is 2. The summed E-state index contributed by atoms with van der Waals surface area (Å²) in [4.78, 5) is 22.1. The molecule has 0 aliphatic rings. The van der Waals surface area contributed by atoms with Crippen molar-refractivity contribution in [2.75, 3.05) is 25.5 Å². The van der Waals surface area contributed by atoms with Crippen molar-refractivity contribution >= 4 is 23.3 Å². The van der Waals surface area contributed by atoms with Gasteiger partial charge in [0.25, 0.3) is 0 Å². The van der Waals surface area contributed by atoms with E-state index in [-0.39, 0.29) is 17.9 Å². The molecule has 0 saturated heterocycles. The van der Waals surface area contributed by atoms with Gasteiger partial charge >= 0.3 is 0 Å². The van der Waals surface area contributed by atoms with Crippen LogP contribution in [0.3, 0.4) is 0 Å². The summed E-state index contributed by atoms with van der Waals surface area (Å²) in [5.74, 6) is 1.28. The molecule has 1 N–H and O–H groups in total. The van der Waals surface area contributed by atoms with Crippen LogP contribution in [0.5, 0.6) is 0 Å². The van der Waals surface area contributed by atoms with E-state index >= 15 is 0 Å². The van der Waals surface area contributed by atoms with Gasteiger partial charge in [-0.3, -0.25) is 4.79 Å². The lowest BCUT2D eigenvalue weighted by molar-refractivity contribution is -0.119. The molecule has 1 aromatic rings. The van der Waals surface area contributed by atoms with Crippen LogP contribution in [0.1, 0.15) is 32.2 Å². The quantitative estimate of drug-likeness (QED) is 0.862. The molecule has 0 atom stereocenters. The van der Waals surface area contributed by atoms with E-state index in [1.165, 1.54) is 0 Å². The summed E-state index contributed by atoms with van der Waals surface area (Å²) >= 11 is 6.16. The van der Waals surface area contributed by atoms with Gasteiger partial charge in [-0.2, -0.15) is 0 Å². The highest BCUT2D eigenvalue weighted by molar-refractivity contribution is 6.30. The van der Waals surface area contributed by atoms with Gasteiger partial charge in [-0.1, -0.05) is 32.4 Å². The van der Waals surface area contributed by atoms with Crippen molar-refractivity contribution in [1.29, 1.82) is 0 Å². The van der Waals surface area contributed by atoms with Gasteiger partial charge in [0, 0.05) is 25.1 Å². The van der Waals surface area contributed by atoms with Crippen LogP contribution in [0.25, 0.3) is 0 Å². The second kappa shape index (κ2) is 5.74. The number of aromatic nitrogens is 2. The van der Waals surface area contributed by atoms with Crippen molar-refractivity contribution in [2.45, 2.75) is 33.1 Å². The smallest absolute Gasteiger partial charge is 0.239 e. The summed E-state index contributed by atoms with van der Waals surface area (Å²) in [6.45, 7) is 8.16. The second-order valence-electron chi connectivity index (χ2n) is 5.57. The summed E-state index contributed by atoms with van der Waals surface area (Å²) < 4.78 is 0. The molecule has 0 fully saturated rings. The van der Waals surface area contributed by atoms with E-state index in [1.807, 2.05) is 34.7 Å². The molecule has 0 aliphatic heterocycles. The van der Waals surface area contributed by atoms with Crippen LogP contribution < -0.4 is 10.2 Å². The number of rotatable bonds is 3. The zero-order valence-electron chi connectivity index (χ0n) is 12.3. The van der Waals surface area contributed by atoms with E-state index in [9.17, 15) is 4.79 Å². The number of amides is 1. The van der Waals surface area contributed by atoms with E-state index in [4.69, 9.17) is 11.6 Å². The fourth-order valence-corrected chi connectivity index (χ4v) is 1.72. The molecular weight excluding hydrogens is 264 g/mol. The Kier molecular flexibility index (Phi) is 4.74. The molecule has 0 unspecified atom stereocenters. The molecule has 0 aliphatic carbocycles. The first kappa shape index (κ1) is 15.7. The van der Waals surface area contributed by atoms with Crippen molar-refractivity contribution in [3.05, 3.63) is 16.5 Å². The minimum atomic E-state index is -0.194. The summed E-state index contributed by atoms with van der Waals surface area (Å²) in [5, 5.41) is 3.02. The summed E-state index contributed by atoms with van der Waals surface area (Å²) in [6, 6.07) is 0. The molecule has 106 valence electrons. The predicted molar refractivity (Wildman–Crippen MR) is 77.8 cm³/mol. The fourth-order valence-electron chi connectivity index (χ4n) is 1.55. The van der Waals surface area contributed by atoms with Crippen molar-refractivity contribution in [3.8, 4) is 0 Å². The van der Waals surface area contributed by atoms with E-state index in [0.29, 0.717) is 16.8 Å². The lowest BCUT2D eigenvalue weighted by Crippen LogP contribution is -2.34. The molecule has 1 aromatic heterocycles. The van der Waals surface area contributed by atoms with Crippen LogP contribution in [0.2, 0.25) is 5.15 Å². The number of hydrogen-bond acceptors (Lipinski definition) is 4. The Morgan fingerprint density at radius 2 is 1.95 bits per heavy atom. The molecule has 5 nitrogen and oxygen atoms in total. The SMILES string of the molecule is CNC(=O)CN(C)c1nc(C(C)(C)C)nc(Cl)c1C. The topological polar surface area (TPSA) is 58.1 Å². The minimum Gasteiger partial charge on any atom is -0.358 e. The number of nitrogens with zero attached hydrogens (tertiary/aromatic N) is 3. The number of nitrogens with one attached hydrogen (secondary N) is 1. The van der Waals surface area contributed by atoms with Gasteiger partial charge in [0.05, 0.1) is 6.54 Å². The number of carbonyl (C=O) groups excluding carboxylic acids is 1. The van der Waals surface area contributed by atoms with Gasteiger partial charge in [0.15, 0.2) is 0 Å². The zero-order valence-corrected chi connectivity index (χ0v) is 13.1. The molecule has 0 radical (unpaired) electrons. The maximum Gasteiger partial charge on any atom is 0.239 e. The third-order valence-electron chi connectivity index (χ3n) is 2.75. The molecule has 19 heavy (non-hydrogen) atoms. The second-order valence-corrected chi connectivity index (χ2v) is 5.92.